The van der Waals surface area contributed by atoms with Crippen molar-refractivity contribution in [1.82, 2.24) is 24.6 Å². The van der Waals surface area contributed by atoms with Crippen LogP contribution in [0.15, 0.2) is 29.4 Å². The van der Waals surface area contributed by atoms with E-state index in [-0.39, 0.29) is 17.7 Å². The lowest BCUT2D eigenvalue weighted by molar-refractivity contribution is -0.140. The molecule has 1 aliphatic rings. The Balaban J connectivity index is 1.60. The number of aromatic nitrogens is 3. The van der Waals surface area contributed by atoms with Crippen LogP contribution >= 0.6 is 11.8 Å². The van der Waals surface area contributed by atoms with Crippen molar-refractivity contribution >= 4 is 23.6 Å². The SMILES string of the molecule is CCn1c(SCC(=O)N2CCN(C(=O)C(C)C)CC2)nnc1-c1ccccc1C. The molecule has 8 heteroatoms. The average Bonchev–Trinajstić information content (AvgIpc) is 3.14. The van der Waals surface area contributed by atoms with Gasteiger partial charge in [-0.2, -0.15) is 0 Å². The van der Waals surface area contributed by atoms with Gasteiger partial charge in [0.25, 0.3) is 0 Å². The van der Waals surface area contributed by atoms with Crippen LogP contribution in [0.5, 0.6) is 0 Å². The van der Waals surface area contributed by atoms with Gasteiger partial charge in [-0.3, -0.25) is 9.59 Å². The van der Waals surface area contributed by atoms with Crippen molar-refractivity contribution < 1.29 is 9.59 Å². The molecular weight excluding hydrogens is 386 g/mol. The molecule has 3 rings (SSSR count). The highest BCUT2D eigenvalue weighted by atomic mass is 32.2. The van der Waals surface area contributed by atoms with Gasteiger partial charge in [-0.25, -0.2) is 0 Å². The maximum atomic E-state index is 12.7. The molecule has 1 aromatic carbocycles. The zero-order valence-corrected chi connectivity index (χ0v) is 18.4. The molecule has 2 heterocycles. The van der Waals surface area contributed by atoms with Gasteiger partial charge in [0, 0.05) is 44.2 Å². The van der Waals surface area contributed by atoms with E-state index in [0.29, 0.717) is 31.9 Å². The second-order valence-electron chi connectivity index (χ2n) is 7.51. The summed E-state index contributed by atoms with van der Waals surface area (Å²) >= 11 is 1.42. The lowest BCUT2D eigenvalue weighted by Gasteiger charge is -2.35. The van der Waals surface area contributed by atoms with Crippen molar-refractivity contribution in [2.45, 2.75) is 39.4 Å². The van der Waals surface area contributed by atoms with E-state index < -0.39 is 0 Å². The van der Waals surface area contributed by atoms with Gasteiger partial charge >= 0.3 is 0 Å². The third-order valence-corrected chi connectivity index (χ3v) is 6.13. The quantitative estimate of drug-likeness (QED) is 0.679. The van der Waals surface area contributed by atoms with Crippen molar-refractivity contribution in [3.05, 3.63) is 29.8 Å². The highest BCUT2D eigenvalue weighted by Crippen LogP contribution is 2.26. The highest BCUT2D eigenvalue weighted by Gasteiger charge is 2.26. The number of piperazine rings is 1. The Morgan fingerprint density at radius 2 is 1.72 bits per heavy atom. The van der Waals surface area contributed by atoms with Crippen molar-refractivity contribution in [3.63, 3.8) is 0 Å². The molecule has 156 valence electrons. The number of benzene rings is 1. The van der Waals surface area contributed by atoms with Crippen LogP contribution in [-0.2, 0) is 16.1 Å². The molecule has 2 aromatic rings. The lowest BCUT2D eigenvalue weighted by atomic mass is 10.1. The smallest absolute Gasteiger partial charge is 0.233 e. The predicted octanol–water partition coefficient (Wildman–Crippen LogP) is 2.69. The summed E-state index contributed by atoms with van der Waals surface area (Å²) in [4.78, 5) is 28.4. The van der Waals surface area contributed by atoms with E-state index in [1.54, 1.807) is 0 Å². The molecule has 0 N–H and O–H groups in total. The molecule has 0 radical (unpaired) electrons. The molecule has 1 fully saturated rings. The van der Waals surface area contributed by atoms with Crippen LogP contribution in [0.3, 0.4) is 0 Å². The molecular formula is C21H29N5O2S. The first-order valence-corrected chi connectivity index (χ1v) is 11.1. The zero-order chi connectivity index (χ0) is 21.0. The van der Waals surface area contributed by atoms with Crippen LogP contribution < -0.4 is 0 Å². The van der Waals surface area contributed by atoms with Gasteiger partial charge in [0.1, 0.15) is 0 Å². The Kier molecular flexibility index (Phi) is 6.95. The Labute approximate surface area is 176 Å². The Morgan fingerprint density at radius 1 is 1.07 bits per heavy atom. The van der Waals surface area contributed by atoms with E-state index in [1.807, 2.05) is 41.8 Å². The van der Waals surface area contributed by atoms with E-state index in [4.69, 9.17) is 0 Å². The monoisotopic (exact) mass is 415 g/mol. The summed E-state index contributed by atoms with van der Waals surface area (Å²) in [6.45, 7) is 11.1. The zero-order valence-electron chi connectivity index (χ0n) is 17.6. The molecule has 0 saturated carbocycles. The number of rotatable bonds is 6. The normalized spacial score (nSPS) is 14.5. The second-order valence-corrected chi connectivity index (χ2v) is 8.46. The summed E-state index contributed by atoms with van der Waals surface area (Å²) in [6.07, 6.45) is 0. The van der Waals surface area contributed by atoms with E-state index in [0.717, 1.165) is 28.7 Å². The standard InChI is InChI=1S/C21H29N5O2S/c1-5-26-19(17-9-7-6-8-16(17)4)22-23-21(26)29-14-18(27)24-10-12-25(13-11-24)20(28)15(2)3/h6-9,15H,5,10-14H2,1-4H3. The third kappa shape index (κ3) is 4.80. The summed E-state index contributed by atoms with van der Waals surface area (Å²) in [6, 6.07) is 8.11. The van der Waals surface area contributed by atoms with Gasteiger partial charge in [-0.05, 0) is 19.4 Å². The number of carbonyl (C=O) groups is 2. The first-order valence-electron chi connectivity index (χ1n) is 10.1. The number of nitrogens with zero attached hydrogens (tertiary/aromatic N) is 5. The average molecular weight is 416 g/mol. The summed E-state index contributed by atoms with van der Waals surface area (Å²) < 4.78 is 2.06. The molecule has 1 aromatic heterocycles. The van der Waals surface area contributed by atoms with E-state index >= 15 is 0 Å². The minimum atomic E-state index is -0.00402. The van der Waals surface area contributed by atoms with Crippen molar-refractivity contribution in [2.75, 3.05) is 31.9 Å². The molecule has 0 unspecified atom stereocenters. The molecule has 0 atom stereocenters. The minimum Gasteiger partial charge on any atom is -0.339 e. The lowest BCUT2D eigenvalue weighted by Crippen LogP contribution is -2.51. The van der Waals surface area contributed by atoms with Crippen LogP contribution in [0.1, 0.15) is 26.3 Å². The van der Waals surface area contributed by atoms with E-state index in [1.165, 1.54) is 11.8 Å². The summed E-state index contributed by atoms with van der Waals surface area (Å²) in [7, 11) is 0. The number of hydrogen-bond donors (Lipinski definition) is 0. The maximum Gasteiger partial charge on any atom is 0.233 e. The molecule has 29 heavy (non-hydrogen) atoms. The van der Waals surface area contributed by atoms with E-state index in [9.17, 15) is 9.59 Å². The van der Waals surface area contributed by atoms with Crippen LogP contribution in [-0.4, -0.2) is 68.3 Å². The van der Waals surface area contributed by atoms with Gasteiger partial charge in [0.15, 0.2) is 11.0 Å². The maximum absolute atomic E-state index is 12.7. The van der Waals surface area contributed by atoms with Gasteiger partial charge < -0.3 is 14.4 Å². The molecule has 7 nitrogen and oxygen atoms in total. The fourth-order valence-electron chi connectivity index (χ4n) is 3.46. The van der Waals surface area contributed by atoms with Gasteiger partial charge in [-0.15, -0.1) is 10.2 Å². The number of aryl methyl sites for hydroxylation is 1. The second kappa shape index (κ2) is 9.43. The number of hydrogen-bond acceptors (Lipinski definition) is 5. The van der Waals surface area contributed by atoms with Crippen LogP contribution in [0.4, 0.5) is 0 Å². The fourth-order valence-corrected chi connectivity index (χ4v) is 4.37. The Hall–Kier alpha value is -2.35. The highest BCUT2D eigenvalue weighted by molar-refractivity contribution is 7.99. The molecule has 2 amide bonds. The van der Waals surface area contributed by atoms with Crippen LogP contribution in [0.25, 0.3) is 11.4 Å². The number of carbonyl (C=O) groups excluding carboxylic acids is 2. The molecule has 1 saturated heterocycles. The number of amides is 2. The number of thioether (sulfide) groups is 1. The van der Waals surface area contributed by atoms with Gasteiger partial charge in [0.2, 0.25) is 11.8 Å². The molecule has 0 spiro atoms. The Morgan fingerprint density at radius 3 is 2.34 bits per heavy atom. The summed E-state index contributed by atoms with van der Waals surface area (Å²) in [5.41, 5.74) is 2.21. The van der Waals surface area contributed by atoms with Crippen LogP contribution in [0.2, 0.25) is 0 Å². The largest absolute Gasteiger partial charge is 0.339 e. The van der Waals surface area contributed by atoms with Gasteiger partial charge in [0.05, 0.1) is 5.75 Å². The Bertz CT molecular complexity index is 872. The summed E-state index contributed by atoms with van der Waals surface area (Å²) in [5.74, 6) is 1.39. The summed E-state index contributed by atoms with van der Waals surface area (Å²) in [5, 5.41) is 9.46. The van der Waals surface area contributed by atoms with Crippen molar-refractivity contribution in [1.29, 1.82) is 0 Å². The van der Waals surface area contributed by atoms with E-state index in [2.05, 4.69) is 34.7 Å². The fraction of sp³-hybridized carbons (Fsp3) is 0.524. The third-order valence-electron chi connectivity index (χ3n) is 5.18. The molecule has 0 aliphatic carbocycles. The molecule has 1 aliphatic heterocycles. The van der Waals surface area contributed by atoms with Crippen molar-refractivity contribution in [3.8, 4) is 11.4 Å². The van der Waals surface area contributed by atoms with Gasteiger partial charge in [-0.1, -0.05) is 49.9 Å². The first-order chi connectivity index (χ1) is 13.9. The minimum absolute atomic E-state index is 0.00402. The topological polar surface area (TPSA) is 71.3 Å². The van der Waals surface area contributed by atoms with Crippen LogP contribution in [0, 0.1) is 12.8 Å². The molecule has 0 bridgehead atoms. The first kappa shape index (κ1) is 21.4. The predicted molar refractivity (Wildman–Crippen MR) is 115 cm³/mol. The van der Waals surface area contributed by atoms with Crippen molar-refractivity contribution in [2.24, 2.45) is 5.92 Å².